The van der Waals surface area contributed by atoms with Crippen LogP contribution in [0.1, 0.15) is 100 Å². The highest BCUT2D eigenvalue weighted by Gasteiger charge is 2.34. The second-order valence-electron chi connectivity index (χ2n) is 18.1. The third-order valence-corrected chi connectivity index (χ3v) is 11.4. The molecular formula is C42H79N10O13PS. The first-order valence-electron chi connectivity index (χ1n) is 22.6. The minimum Gasteiger partial charge on any atom is -0.394 e. The minimum absolute atomic E-state index is 0.0353. The molecule has 0 saturated heterocycles. The van der Waals surface area contributed by atoms with Gasteiger partial charge in [0.1, 0.15) is 24.2 Å². The van der Waals surface area contributed by atoms with Crippen LogP contribution >= 0.6 is 20.5 Å². The Morgan fingerprint density at radius 2 is 1.51 bits per heavy atom. The van der Waals surface area contributed by atoms with Gasteiger partial charge in [0.2, 0.25) is 35.4 Å². The fourth-order valence-electron chi connectivity index (χ4n) is 6.46. The lowest BCUT2D eigenvalue weighted by atomic mass is 10.0. The van der Waals surface area contributed by atoms with Gasteiger partial charge in [0.15, 0.2) is 0 Å². The number of aryl methyl sites for hydroxylation is 1. The SMILES string of the molecule is CCCN(C(=O)CCOC(C)(C)CCOC(C)(C)CNC(=O)[C@@H](N)CS)[C@@H](C)C(=O)N[C@@H](CC(C)C)C(=O)N[C@@H](Cc1cncn1CCCN)C(=O)N[C@@H](CO)C(=O)NC[C@@H](C)OP(=O)(O)O. The number of thiol groups is 1. The van der Waals surface area contributed by atoms with Gasteiger partial charge in [0.25, 0.3) is 0 Å². The first kappa shape index (κ1) is 61.3. The van der Waals surface area contributed by atoms with E-state index in [1.54, 1.807) is 17.8 Å². The molecule has 0 aliphatic rings. The molecule has 0 fully saturated rings. The van der Waals surface area contributed by atoms with Crippen molar-refractivity contribution in [1.29, 1.82) is 0 Å². The van der Waals surface area contributed by atoms with Crippen LogP contribution in [0.15, 0.2) is 12.5 Å². The summed E-state index contributed by atoms with van der Waals surface area (Å²) in [6.45, 7) is 16.3. The number of nitrogens with one attached hydrogen (secondary N) is 5. The molecule has 0 aliphatic heterocycles. The van der Waals surface area contributed by atoms with Gasteiger partial charge >= 0.3 is 7.82 Å². The van der Waals surface area contributed by atoms with Gasteiger partial charge in [-0.05, 0) is 79.7 Å². The van der Waals surface area contributed by atoms with Crippen molar-refractivity contribution in [3.63, 3.8) is 0 Å². The Morgan fingerprint density at radius 3 is 2.09 bits per heavy atom. The quantitative estimate of drug-likeness (QED) is 0.0299. The van der Waals surface area contributed by atoms with Gasteiger partial charge in [-0.1, -0.05) is 20.8 Å². The summed E-state index contributed by atoms with van der Waals surface area (Å²) < 4.78 is 29.6. The van der Waals surface area contributed by atoms with E-state index in [9.17, 15) is 38.4 Å². The third kappa shape index (κ3) is 24.4. The van der Waals surface area contributed by atoms with Crippen LogP contribution in [0.25, 0.3) is 0 Å². The van der Waals surface area contributed by atoms with E-state index >= 15 is 0 Å². The number of carbonyl (C=O) groups is 6. The number of hydrogen-bond donors (Lipinski definition) is 11. The molecule has 386 valence electrons. The Kier molecular flexibility index (Phi) is 27.5. The normalized spacial score (nSPS) is 14.9. The molecule has 1 aromatic heterocycles. The number of phosphoric acid groups is 1. The highest BCUT2D eigenvalue weighted by Crippen LogP contribution is 2.37. The molecule has 25 heteroatoms. The molecule has 67 heavy (non-hydrogen) atoms. The van der Waals surface area contributed by atoms with E-state index in [1.807, 2.05) is 48.5 Å². The summed E-state index contributed by atoms with van der Waals surface area (Å²) in [5.41, 5.74) is 10.6. The van der Waals surface area contributed by atoms with Gasteiger partial charge in [-0.2, -0.15) is 12.6 Å². The van der Waals surface area contributed by atoms with E-state index in [0.717, 1.165) is 0 Å². The number of rotatable bonds is 34. The Bertz CT molecular complexity index is 1770. The Morgan fingerprint density at radius 1 is 0.896 bits per heavy atom. The van der Waals surface area contributed by atoms with Crippen LogP contribution in [0.2, 0.25) is 0 Å². The van der Waals surface area contributed by atoms with Crippen LogP contribution in [-0.4, -0.2) is 164 Å². The second-order valence-corrected chi connectivity index (χ2v) is 19.6. The van der Waals surface area contributed by atoms with Crippen molar-refractivity contribution in [2.24, 2.45) is 17.4 Å². The lowest BCUT2D eigenvalue weighted by Crippen LogP contribution is -2.59. The first-order valence-corrected chi connectivity index (χ1v) is 24.8. The highest BCUT2D eigenvalue weighted by molar-refractivity contribution is 7.80. The topological polar surface area (TPSA) is 341 Å². The molecule has 6 atom stereocenters. The van der Waals surface area contributed by atoms with Crippen LogP contribution in [0.3, 0.4) is 0 Å². The fraction of sp³-hybridized carbons (Fsp3) is 0.786. The first-order chi connectivity index (χ1) is 31.2. The number of imidazole rings is 1. The van der Waals surface area contributed by atoms with Crippen LogP contribution in [-0.2, 0) is 60.3 Å². The molecule has 1 aromatic rings. The Hall–Kier alpha value is -3.71. The number of phosphoric ester groups is 1. The maximum Gasteiger partial charge on any atom is 0.469 e. The van der Waals surface area contributed by atoms with E-state index in [-0.39, 0.29) is 69.0 Å². The monoisotopic (exact) mass is 995 g/mol. The Balaban J connectivity index is 3.14. The van der Waals surface area contributed by atoms with Crippen molar-refractivity contribution in [3.05, 3.63) is 18.2 Å². The van der Waals surface area contributed by atoms with Crippen LogP contribution in [0, 0.1) is 5.92 Å². The summed E-state index contributed by atoms with van der Waals surface area (Å²) in [6.07, 6.45) is 3.51. The molecule has 6 amide bonds. The lowest BCUT2D eigenvalue weighted by molar-refractivity contribution is -0.143. The van der Waals surface area contributed by atoms with Crippen LogP contribution in [0.4, 0.5) is 0 Å². The summed E-state index contributed by atoms with van der Waals surface area (Å²) in [7, 11) is -4.86. The van der Waals surface area contributed by atoms with Crippen LogP contribution in [0.5, 0.6) is 0 Å². The fourth-order valence-corrected chi connectivity index (χ4v) is 7.17. The molecule has 0 saturated carbocycles. The van der Waals surface area contributed by atoms with E-state index in [2.05, 4.69) is 48.7 Å². The van der Waals surface area contributed by atoms with E-state index in [0.29, 0.717) is 44.7 Å². The van der Waals surface area contributed by atoms with Crippen molar-refractivity contribution in [3.8, 4) is 0 Å². The van der Waals surface area contributed by atoms with Gasteiger partial charge in [0.05, 0.1) is 55.9 Å². The summed E-state index contributed by atoms with van der Waals surface area (Å²) >= 11 is 4.05. The van der Waals surface area contributed by atoms with Crippen molar-refractivity contribution in [2.45, 2.75) is 155 Å². The molecule has 1 rings (SSSR count). The smallest absolute Gasteiger partial charge is 0.394 e. The summed E-state index contributed by atoms with van der Waals surface area (Å²) in [5.74, 6) is -3.66. The Labute approximate surface area is 400 Å². The summed E-state index contributed by atoms with van der Waals surface area (Å²) in [6, 6.07) is -5.80. The number of amides is 6. The molecule has 0 aliphatic carbocycles. The molecule has 0 aromatic carbocycles. The van der Waals surface area contributed by atoms with E-state index in [1.165, 1.54) is 18.0 Å². The maximum atomic E-state index is 14.1. The average molecular weight is 995 g/mol. The van der Waals surface area contributed by atoms with Crippen molar-refractivity contribution in [2.75, 3.05) is 51.8 Å². The molecular weight excluding hydrogens is 916 g/mol. The predicted molar refractivity (Wildman–Crippen MR) is 253 cm³/mol. The van der Waals surface area contributed by atoms with Gasteiger partial charge in [-0.3, -0.25) is 33.3 Å². The molecule has 0 radical (unpaired) electrons. The lowest BCUT2D eigenvalue weighted by Gasteiger charge is -2.32. The van der Waals surface area contributed by atoms with Gasteiger partial charge < -0.3 is 71.9 Å². The standard InChI is InChI=1S/C42H79N10O13PS/c1-10-15-52(35(54)12-17-63-41(6,7)13-18-64-42(8,9)25-47-37(56)31(44)24-67)29(5)36(55)48-32(19-27(2)3)39(58)49-33(20-30-22-45-26-51(30)16-11-14-43)40(59)50-34(23-53)38(57)46-21-28(4)65-66(60,61)62/h22,26-29,31-34,53,67H,10-21,23-25,43-44H2,1-9H3,(H,46,57)(H,47,56)(H,48,55)(H,49,58)(H,50,59)(H2,60,61,62)/t28-,29+,31+,32+,33+,34+/m1/s1. The van der Waals surface area contributed by atoms with E-state index in [4.69, 9.17) is 30.7 Å². The summed E-state index contributed by atoms with van der Waals surface area (Å²) in [4.78, 5) is 104. The zero-order chi connectivity index (χ0) is 51.1. The highest BCUT2D eigenvalue weighted by atomic mass is 32.1. The predicted octanol–water partition coefficient (Wildman–Crippen LogP) is -0.748. The molecule has 0 unspecified atom stereocenters. The third-order valence-electron chi connectivity index (χ3n) is 10.3. The van der Waals surface area contributed by atoms with Crippen molar-refractivity contribution in [1.82, 2.24) is 41.0 Å². The largest absolute Gasteiger partial charge is 0.469 e. The average Bonchev–Trinajstić information content (AvgIpc) is 3.69. The van der Waals surface area contributed by atoms with E-state index < -0.39 is 85.6 Å². The van der Waals surface area contributed by atoms with Gasteiger partial charge in [-0.15, -0.1) is 0 Å². The zero-order valence-corrected chi connectivity index (χ0v) is 42.4. The van der Waals surface area contributed by atoms with Crippen molar-refractivity contribution < 1.29 is 62.2 Å². The van der Waals surface area contributed by atoms with Crippen LogP contribution < -0.4 is 38.1 Å². The minimum atomic E-state index is -4.86. The number of nitrogens with two attached hydrogens (primary N) is 2. The number of aromatic nitrogens is 2. The number of aliphatic hydroxyl groups excluding tert-OH is 1. The number of hydrogen-bond acceptors (Lipinski definition) is 15. The molecule has 23 nitrogen and oxygen atoms in total. The number of nitrogens with zero attached hydrogens (tertiary/aromatic N) is 3. The molecule has 0 bridgehead atoms. The van der Waals surface area contributed by atoms with Gasteiger partial charge in [0, 0.05) is 50.2 Å². The molecule has 0 spiro atoms. The summed E-state index contributed by atoms with van der Waals surface area (Å²) in [5, 5.41) is 23.1. The van der Waals surface area contributed by atoms with Crippen molar-refractivity contribution >= 4 is 55.9 Å². The number of ether oxygens (including phenoxy) is 2. The maximum absolute atomic E-state index is 14.1. The second kappa shape index (κ2) is 30.0. The zero-order valence-electron chi connectivity index (χ0n) is 40.6. The molecule has 12 N–H and O–H groups in total. The van der Waals surface area contributed by atoms with Gasteiger partial charge in [-0.25, -0.2) is 9.55 Å². The number of carbonyl (C=O) groups excluding carboxylic acids is 6. The number of aliphatic hydroxyl groups is 1. The molecule has 1 heterocycles.